The number of ether oxygens (including phenoxy) is 2. The zero-order valence-electron chi connectivity index (χ0n) is 15.2. The normalized spacial score (nSPS) is 18.2. The van der Waals surface area contributed by atoms with E-state index in [2.05, 4.69) is 10.3 Å². The van der Waals surface area contributed by atoms with Crippen LogP contribution in [0.4, 0.5) is 14.9 Å². The number of aromatic amines is 1. The van der Waals surface area contributed by atoms with Crippen molar-refractivity contribution in [2.24, 2.45) is 0 Å². The SMILES string of the molecule is CN(C(=O)Nc1ccc(F)c(Cl)c1)C1COCc2[nH]c(=O)c3c(c21)COCC3. The lowest BCUT2D eigenvalue weighted by atomic mass is 9.91. The molecule has 1 unspecified atom stereocenters. The molecule has 9 heteroatoms. The van der Waals surface area contributed by atoms with E-state index < -0.39 is 17.9 Å². The van der Waals surface area contributed by atoms with Crippen LogP contribution in [0.1, 0.15) is 28.4 Å². The van der Waals surface area contributed by atoms with Crippen LogP contribution in [0.3, 0.4) is 0 Å². The van der Waals surface area contributed by atoms with E-state index in [-0.39, 0.29) is 17.2 Å². The minimum Gasteiger partial charge on any atom is -0.376 e. The number of likely N-dealkylation sites (N-methyl/N-ethyl adjacent to an activating group) is 1. The quantitative estimate of drug-likeness (QED) is 0.801. The van der Waals surface area contributed by atoms with E-state index in [1.807, 2.05) is 0 Å². The number of hydrogen-bond acceptors (Lipinski definition) is 4. The van der Waals surface area contributed by atoms with Crippen LogP contribution in [0.15, 0.2) is 23.0 Å². The number of benzene rings is 1. The van der Waals surface area contributed by atoms with Crippen LogP contribution in [0.25, 0.3) is 0 Å². The Morgan fingerprint density at radius 1 is 1.32 bits per heavy atom. The molecule has 148 valence electrons. The van der Waals surface area contributed by atoms with Gasteiger partial charge in [-0.1, -0.05) is 11.6 Å². The lowest BCUT2D eigenvalue weighted by Crippen LogP contribution is -2.41. The van der Waals surface area contributed by atoms with Crippen LogP contribution < -0.4 is 10.9 Å². The summed E-state index contributed by atoms with van der Waals surface area (Å²) in [6, 6.07) is 3.18. The number of anilines is 1. The number of nitrogens with zero attached hydrogens (tertiary/aromatic N) is 1. The zero-order chi connectivity index (χ0) is 19.8. The smallest absolute Gasteiger partial charge is 0.322 e. The van der Waals surface area contributed by atoms with Gasteiger partial charge in [-0.15, -0.1) is 0 Å². The van der Waals surface area contributed by atoms with E-state index >= 15 is 0 Å². The number of halogens is 2. The van der Waals surface area contributed by atoms with Gasteiger partial charge in [0.15, 0.2) is 0 Å². The van der Waals surface area contributed by atoms with Crippen molar-refractivity contribution in [3.63, 3.8) is 0 Å². The van der Waals surface area contributed by atoms with Crippen molar-refractivity contribution in [2.75, 3.05) is 25.6 Å². The highest BCUT2D eigenvalue weighted by Crippen LogP contribution is 2.33. The first-order valence-electron chi connectivity index (χ1n) is 8.87. The fraction of sp³-hybridized carbons (Fsp3) is 0.368. The molecule has 1 atom stereocenters. The second kappa shape index (κ2) is 7.54. The highest BCUT2D eigenvalue weighted by atomic mass is 35.5. The zero-order valence-corrected chi connectivity index (χ0v) is 15.9. The van der Waals surface area contributed by atoms with Crippen molar-refractivity contribution in [3.8, 4) is 0 Å². The Balaban J connectivity index is 1.64. The summed E-state index contributed by atoms with van der Waals surface area (Å²) in [5.41, 5.74) is 3.32. The van der Waals surface area contributed by atoms with Gasteiger partial charge in [0.05, 0.1) is 37.5 Å². The average Bonchev–Trinajstić information content (AvgIpc) is 2.70. The standard InChI is InChI=1S/C19H19ClFN3O4/c1-24(19(26)22-10-2-3-14(21)13(20)6-10)16-9-28-8-15-17(16)12-7-27-5-4-11(12)18(25)23-15/h2-3,6,16H,4-5,7-9H2,1H3,(H,22,26)(H,23,25). The van der Waals surface area contributed by atoms with Crippen molar-refractivity contribution < 1.29 is 18.7 Å². The van der Waals surface area contributed by atoms with Gasteiger partial charge in [-0.25, -0.2) is 9.18 Å². The minimum atomic E-state index is -0.557. The molecule has 0 fully saturated rings. The number of urea groups is 1. The highest BCUT2D eigenvalue weighted by molar-refractivity contribution is 6.31. The molecule has 0 bridgehead atoms. The first-order chi connectivity index (χ1) is 13.5. The van der Waals surface area contributed by atoms with Gasteiger partial charge in [0.25, 0.3) is 5.56 Å². The number of nitrogens with one attached hydrogen (secondary N) is 2. The van der Waals surface area contributed by atoms with E-state index in [0.717, 1.165) is 11.1 Å². The lowest BCUT2D eigenvalue weighted by molar-refractivity contribution is 0.0475. The molecular weight excluding hydrogens is 389 g/mol. The van der Waals surface area contributed by atoms with Gasteiger partial charge in [0.1, 0.15) is 5.82 Å². The summed E-state index contributed by atoms with van der Waals surface area (Å²) in [5, 5.41) is 2.63. The van der Waals surface area contributed by atoms with Gasteiger partial charge in [-0.05, 0) is 23.8 Å². The van der Waals surface area contributed by atoms with Gasteiger partial charge in [0.2, 0.25) is 0 Å². The van der Waals surface area contributed by atoms with E-state index in [4.69, 9.17) is 21.1 Å². The van der Waals surface area contributed by atoms with Crippen LogP contribution in [0.5, 0.6) is 0 Å². The molecule has 1 aromatic carbocycles. The van der Waals surface area contributed by atoms with Crippen LogP contribution in [-0.2, 0) is 29.1 Å². The Kier molecular flexibility index (Phi) is 5.09. The summed E-state index contributed by atoms with van der Waals surface area (Å²) >= 11 is 5.78. The third kappa shape index (κ3) is 3.39. The van der Waals surface area contributed by atoms with E-state index in [0.29, 0.717) is 43.2 Å². The molecule has 0 radical (unpaired) electrons. The molecule has 0 spiro atoms. The van der Waals surface area contributed by atoms with Crippen LogP contribution in [0, 0.1) is 5.82 Å². The second-order valence-corrected chi connectivity index (χ2v) is 7.21. The summed E-state index contributed by atoms with van der Waals surface area (Å²) in [6.45, 7) is 1.40. The topological polar surface area (TPSA) is 83.7 Å². The second-order valence-electron chi connectivity index (χ2n) is 6.81. The van der Waals surface area contributed by atoms with Crippen LogP contribution >= 0.6 is 11.6 Å². The Morgan fingerprint density at radius 3 is 2.93 bits per heavy atom. The molecule has 1 aromatic heterocycles. The Bertz CT molecular complexity index is 994. The molecule has 2 aliphatic heterocycles. The summed E-state index contributed by atoms with van der Waals surface area (Å²) < 4.78 is 24.5. The first kappa shape index (κ1) is 18.9. The van der Waals surface area contributed by atoms with Crippen molar-refractivity contribution in [1.82, 2.24) is 9.88 Å². The number of carbonyl (C=O) groups excluding carboxylic acids is 1. The molecule has 28 heavy (non-hydrogen) atoms. The van der Waals surface area contributed by atoms with Gasteiger partial charge >= 0.3 is 6.03 Å². The first-order valence-corrected chi connectivity index (χ1v) is 9.24. The van der Waals surface area contributed by atoms with Crippen molar-refractivity contribution in [2.45, 2.75) is 25.7 Å². The van der Waals surface area contributed by atoms with Crippen LogP contribution in [0.2, 0.25) is 5.02 Å². The molecule has 4 rings (SSSR count). The average molecular weight is 408 g/mol. The minimum absolute atomic E-state index is 0.0735. The van der Waals surface area contributed by atoms with Crippen molar-refractivity contribution >= 4 is 23.3 Å². The number of fused-ring (bicyclic) bond motifs is 3. The number of aromatic nitrogens is 1. The summed E-state index contributed by atoms with van der Waals surface area (Å²) in [4.78, 5) is 29.5. The van der Waals surface area contributed by atoms with Crippen LogP contribution in [-0.4, -0.2) is 36.2 Å². The Hall–Kier alpha value is -2.42. The third-order valence-electron chi connectivity index (χ3n) is 5.11. The molecule has 2 aromatic rings. The fourth-order valence-corrected chi connectivity index (χ4v) is 3.82. The number of pyridine rings is 1. The number of amides is 2. The van der Waals surface area contributed by atoms with E-state index in [1.54, 1.807) is 7.05 Å². The fourth-order valence-electron chi connectivity index (χ4n) is 3.64. The van der Waals surface area contributed by atoms with Gasteiger partial charge < -0.3 is 24.7 Å². The maximum atomic E-state index is 13.3. The molecule has 0 saturated carbocycles. The largest absolute Gasteiger partial charge is 0.376 e. The number of H-pyrrole nitrogens is 1. The predicted molar refractivity (Wildman–Crippen MR) is 101 cm³/mol. The lowest BCUT2D eigenvalue weighted by Gasteiger charge is -2.35. The Morgan fingerprint density at radius 2 is 2.14 bits per heavy atom. The summed E-state index contributed by atoms with van der Waals surface area (Å²) in [5.74, 6) is -0.557. The summed E-state index contributed by atoms with van der Waals surface area (Å²) in [6.07, 6.45) is 0.537. The Labute approximate surface area is 165 Å². The molecule has 7 nitrogen and oxygen atoms in total. The van der Waals surface area contributed by atoms with Gasteiger partial charge in [-0.2, -0.15) is 0 Å². The maximum absolute atomic E-state index is 13.3. The molecule has 2 N–H and O–H groups in total. The predicted octanol–water partition coefficient (Wildman–Crippen LogP) is 2.98. The molecule has 0 saturated heterocycles. The molecule has 0 aliphatic carbocycles. The number of rotatable bonds is 2. The molecule has 2 amide bonds. The molecular formula is C19H19ClFN3O4. The monoisotopic (exact) mass is 407 g/mol. The number of carbonyl (C=O) groups is 1. The number of hydrogen-bond donors (Lipinski definition) is 2. The van der Waals surface area contributed by atoms with Crippen molar-refractivity contribution in [3.05, 3.63) is 61.8 Å². The summed E-state index contributed by atoms with van der Waals surface area (Å²) in [7, 11) is 1.64. The van der Waals surface area contributed by atoms with E-state index in [1.165, 1.54) is 23.1 Å². The van der Waals surface area contributed by atoms with Crippen molar-refractivity contribution in [1.29, 1.82) is 0 Å². The maximum Gasteiger partial charge on any atom is 0.322 e. The van der Waals surface area contributed by atoms with E-state index in [9.17, 15) is 14.0 Å². The van der Waals surface area contributed by atoms with Gasteiger partial charge in [-0.3, -0.25) is 4.79 Å². The third-order valence-corrected chi connectivity index (χ3v) is 5.40. The van der Waals surface area contributed by atoms with Gasteiger partial charge in [0, 0.05) is 36.0 Å². The molecule has 3 heterocycles. The highest BCUT2D eigenvalue weighted by Gasteiger charge is 2.33. The molecule has 2 aliphatic rings.